The maximum absolute atomic E-state index is 14.5. The first-order valence-corrected chi connectivity index (χ1v) is 18.0. The molecule has 0 radical (unpaired) electrons. The van der Waals surface area contributed by atoms with Crippen LogP contribution >= 0.6 is 0 Å². The summed E-state index contributed by atoms with van der Waals surface area (Å²) in [5, 5.41) is 0. The van der Waals surface area contributed by atoms with E-state index in [-0.39, 0.29) is 40.9 Å². The number of hydrogen-bond donors (Lipinski definition) is 1. The van der Waals surface area contributed by atoms with Gasteiger partial charge in [-0.1, -0.05) is 125 Å². The van der Waals surface area contributed by atoms with Crippen LogP contribution < -0.4 is 4.72 Å². The number of benzene rings is 3. The summed E-state index contributed by atoms with van der Waals surface area (Å²) in [6, 6.07) is 25.5. The first-order chi connectivity index (χ1) is 22.1. The molecule has 0 fully saturated rings. The Hall–Kier alpha value is -3.75. The molecule has 1 aliphatic heterocycles. The molecule has 8 heteroatoms. The van der Waals surface area contributed by atoms with Gasteiger partial charge in [0.25, 0.3) is 0 Å². The number of hydrogen-bond acceptors (Lipinski definition) is 4. The zero-order chi connectivity index (χ0) is 33.3. The van der Waals surface area contributed by atoms with E-state index in [2.05, 4.69) is 42.8 Å². The molecule has 1 aliphatic rings. The maximum Gasteiger partial charge on any atom is 0.245 e. The Labute approximate surface area is 275 Å². The molecule has 4 atom stereocenters. The lowest BCUT2D eigenvalue weighted by Crippen LogP contribution is -2.53. The molecule has 0 spiro atoms. The van der Waals surface area contributed by atoms with E-state index < -0.39 is 22.1 Å². The molecule has 46 heavy (non-hydrogen) atoms. The zero-order valence-electron chi connectivity index (χ0n) is 27.8. The summed E-state index contributed by atoms with van der Waals surface area (Å²) in [5.74, 6) is -0.710. The summed E-state index contributed by atoms with van der Waals surface area (Å²) in [7, 11) is -3.97. The van der Waals surface area contributed by atoms with Gasteiger partial charge in [-0.3, -0.25) is 9.59 Å². The molecule has 3 aromatic carbocycles. The Morgan fingerprint density at radius 2 is 1.48 bits per heavy atom. The van der Waals surface area contributed by atoms with Crippen molar-refractivity contribution in [3.05, 3.63) is 114 Å². The third kappa shape index (κ3) is 8.74. The van der Waals surface area contributed by atoms with Gasteiger partial charge in [-0.15, -0.1) is 0 Å². The topological polar surface area (TPSA) is 86.8 Å². The highest BCUT2D eigenvalue weighted by molar-refractivity contribution is 7.89. The van der Waals surface area contributed by atoms with Crippen molar-refractivity contribution in [3.63, 3.8) is 0 Å². The number of carbonyl (C=O) groups excluding carboxylic acids is 2. The van der Waals surface area contributed by atoms with Crippen molar-refractivity contribution in [2.75, 3.05) is 6.54 Å². The lowest BCUT2D eigenvalue weighted by atomic mass is 9.89. The largest absolute Gasteiger partial charge is 0.317 e. The van der Waals surface area contributed by atoms with E-state index in [0.29, 0.717) is 13.0 Å². The minimum atomic E-state index is -3.97. The average Bonchev–Trinajstić information content (AvgIpc) is 3.23. The van der Waals surface area contributed by atoms with Crippen LogP contribution in [0, 0.1) is 18.8 Å². The molecule has 246 valence electrons. The van der Waals surface area contributed by atoms with Crippen LogP contribution in [0.15, 0.2) is 102 Å². The monoisotopic (exact) mass is 643 g/mol. The fourth-order valence-corrected chi connectivity index (χ4v) is 7.36. The third-order valence-corrected chi connectivity index (χ3v) is 10.7. The van der Waals surface area contributed by atoms with Crippen molar-refractivity contribution < 1.29 is 18.0 Å². The Kier molecular flexibility index (Phi) is 12.4. The highest BCUT2D eigenvalue weighted by atomic mass is 32.2. The predicted molar refractivity (Wildman–Crippen MR) is 184 cm³/mol. The van der Waals surface area contributed by atoms with E-state index in [4.69, 9.17) is 0 Å². The summed E-state index contributed by atoms with van der Waals surface area (Å²) in [6.45, 7) is 10.4. The van der Waals surface area contributed by atoms with Crippen LogP contribution in [0.1, 0.15) is 82.4 Å². The summed E-state index contributed by atoms with van der Waals surface area (Å²) in [4.78, 5) is 32.0. The number of aryl methyl sites for hydroxylation is 1. The molecule has 0 bridgehead atoms. The van der Waals surface area contributed by atoms with E-state index >= 15 is 0 Å². The SMILES string of the molecule is CCCC[C@H](C)[C@@H]1CC(=O)N(CC(c2ccccc2)c2ccccc2)C=CN1C(=O)[C@H](NS(=O)(=O)c1ccc(C)cc1)[C@@H](C)CC. The quantitative estimate of drug-likeness (QED) is 0.201. The van der Waals surface area contributed by atoms with Crippen LogP contribution in [0.4, 0.5) is 0 Å². The number of rotatable bonds is 14. The van der Waals surface area contributed by atoms with Crippen LogP contribution in [0.3, 0.4) is 0 Å². The molecular formula is C38H49N3O4S. The van der Waals surface area contributed by atoms with Gasteiger partial charge in [0.1, 0.15) is 6.04 Å². The van der Waals surface area contributed by atoms with Crippen LogP contribution in [0.25, 0.3) is 0 Å². The Bertz CT molecular complexity index is 1520. The minimum Gasteiger partial charge on any atom is -0.317 e. The molecule has 7 nitrogen and oxygen atoms in total. The molecule has 1 heterocycles. The molecule has 0 saturated heterocycles. The number of carbonyl (C=O) groups is 2. The van der Waals surface area contributed by atoms with Crippen molar-refractivity contribution in [2.45, 2.75) is 89.6 Å². The fourth-order valence-electron chi connectivity index (χ4n) is 6.06. The van der Waals surface area contributed by atoms with Gasteiger partial charge in [-0.2, -0.15) is 4.72 Å². The molecule has 0 aliphatic carbocycles. The van der Waals surface area contributed by atoms with Crippen molar-refractivity contribution in [1.82, 2.24) is 14.5 Å². The molecule has 2 amide bonds. The third-order valence-electron chi connectivity index (χ3n) is 9.27. The van der Waals surface area contributed by atoms with Gasteiger partial charge in [0.05, 0.1) is 4.90 Å². The Morgan fingerprint density at radius 3 is 2.02 bits per heavy atom. The van der Waals surface area contributed by atoms with Gasteiger partial charge in [-0.05, 0) is 48.4 Å². The lowest BCUT2D eigenvalue weighted by Gasteiger charge is -2.36. The number of nitrogens with zero attached hydrogens (tertiary/aromatic N) is 2. The summed E-state index contributed by atoms with van der Waals surface area (Å²) >= 11 is 0. The van der Waals surface area contributed by atoms with Gasteiger partial charge >= 0.3 is 0 Å². The maximum atomic E-state index is 14.5. The molecular weight excluding hydrogens is 595 g/mol. The van der Waals surface area contributed by atoms with Crippen LogP contribution in [0.2, 0.25) is 0 Å². The van der Waals surface area contributed by atoms with Gasteiger partial charge in [0.15, 0.2) is 0 Å². The summed E-state index contributed by atoms with van der Waals surface area (Å²) in [5.41, 5.74) is 3.15. The van der Waals surface area contributed by atoms with Crippen molar-refractivity contribution in [2.24, 2.45) is 11.8 Å². The molecule has 1 N–H and O–H groups in total. The van der Waals surface area contributed by atoms with Crippen LogP contribution in [-0.2, 0) is 19.6 Å². The smallest absolute Gasteiger partial charge is 0.245 e. The number of nitrogens with one attached hydrogen (secondary N) is 1. The Balaban J connectivity index is 1.69. The second kappa shape index (κ2) is 16.2. The predicted octanol–water partition coefficient (Wildman–Crippen LogP) is 7.25. The Morgan fingerprint density at radius 1 is 0.891 bits per heavy atom. The van der Waals surface area contributed by atoms with Crippen LogP contribution in [-0.4, -0.2) is 48.7 Å². The first kappa shape index (κ1) is 35.1. The van der Waals surface area contributed by atoms with E-state index in [1.165, 1.54) is 0 Å². The summed E-state index contributed by atoms with van der Waals surface area (Å²) in [6.07, 6.45) is 7.00. The van der Waals surface area contributed by atoms with E-state index in [9.17, 15) is 18.0 Å². The molecule has 0 saturated carbocycles. The van der Waals surface area contributed by atoms with Gasteiger partial charge < -0.3 is 9.80 Å². The number of sulfonamides is 1. The van der Waals surface area contributed by atoms with Crippen molar-refractivity contribution in [3.8, 4) is 0 Å². The first-order valence-electron chi connectivity index (χ1n) is 16.5. The highest BCUT2D eigenvalue weighted by Crippen LogP contribution is 2.30. The van der Waals surface area contributed by atoms with E-state index in [0.717, 1.165) is 36.0 Å². The second-order valence-corrected chi connectivity index (χ2v) is 14.4. The minimum absolute atomic E-state index is 0.0304. The second-order valence-electron chi connectivity index (χ2n) is 12.7. The normalized spacial score (nSPS) is 17.5. The molecule has 4 rings (SSSR count). The van der Waals surface area contributed by atoms with Gasteiger partial charge in [0, 0.05) is 37.3 Å². The standard InChI is InChI=1S/C38H49N3O4S/c1-6-8-15-30(5)35-26-36(42)40(27-34(31-16-11-9-12-17-31)32-18-13-10-14-19-32)24-25-41(35)38(43)37(29(4)7-2)39-46(44,45)33-22-20-28(3)21-23-33/h9-14,16-25,29-30,34-35,37,39H,6-8,15,26-27H2,1-5H3/t29-,30-,35-,37+/m0/s1. The fraction of sp³-hybridized carbons (Fsp3) is 0.421. The van der Waals surface area contributed by atoms with E-state index in [1.807, 2.05) is 57.2 Å². The van der Waals surface area contributed by atoms with Crippen molar-refractivity contribution >= 4 is 21.8 Å². The van der Waals surface area contributed by atoms with Gasteiger partial charge in [-0.25, -0.2) is 8.42 Å². The summed E-state index contributed by atoms with van der Waals surface area (Å²) < 4.78 is 29.8. The molecule has 0 aromatic heterocycles. The average molecular weight is 644 g/mol. The van der Waals surface area contributed by atoms with Crippen LogP contribution in [0.5, 0.6) is 0 Å². The lowest BCUT2D eigenvalue weighted by molar-refractivity contribution is -0.136. The highest BCUT2D eigenvalue weighted by Gasteiger charge is 2.39. The molecule has 3 aromatic rings. The van der Waals surface area contributed by atoms with Crippen molar-refractivity contribution in [1.29, 1.82) is 0 Å². The number of unbranched alkanes of at least 4 members (excludes halogenated alkanes) is 1. The molecule has 0 unspecified atom stereocenters. The van der Waals surface area contributed by atoms with E-state index in [1.54, 1.807) is 46.5 Å². The number of amides is 2. The zero-order valence-corrected chi connectivity index (χ0v) is 28.6. The van der Waals surface area contributed by atoms with Gasteiger partial charge in [0.2, 0.25) is 21.8 Å².